The fourth-order valence-corrected chi connectivity index (χ4v) is 4.74. The Kier molecular flexibility index (Phi) is 8.38. The zero-order valence-electron chi connectivity index (χ0n) is 20.7. The standard InChI is InChI=1S/C29H27Cl2N5O2/c30-24-9-5-6-21(28(24)31)17-36(15-12-20-16-34-25-10-2-1-8-23(20)25)18-27-35-26(19-38-27)29(37)33-14-11-22-7-3-4-13-32-22/h1-10,13,16,19,34H,11-12,14-15,17-18H2,(H,33,37). The Balaban J connectivity index is 1.26. The van der Waals surface area contributed by atoms with E-state index in [0.29, 0.717) is 42.0 Å². The highest BCUT2D eigenvalue weighted by Crippen LogP contribution is 2.27. The van der Waals surface area contributed by atoms with Gasteiger partial charge in [0.1, 0.15) is 6.26 Å². The van der Waals surface area contributed by atoms with Crippen molar-refractivity contribution in [3.05, 3.63) is 118 Å². The molecule has 0 aliphatic heterocycles. The summed E-state index contributed by atoms with van der Waals surface area (Å²) >= 11 is 12.8. The molecule has 3 heterocycles. The normalized spacial score (nSPS) is 11.3. The van der Waals surface area contributed by atoms with Crippen LogP contribution in [0.3, 0.4) is 0 Å². The van der Waals surface area contributed by atoms with Gasteiger partial charge < -0.3 is 14.7 Å². The van der Waals surface area contributed by atoms with E-state index in [9.17, 15) is 4.79 Å². The van der Waals surface area contributed by atoms with Crippen LogP contribution >= 0.6 is 23.2 Å². The molecule has 38 heavy (non-hydrogen) atoms. The maximum atomic E-state index is 12.6. The number of fused-ring (bicyclic) bond motifs is 1. The lowest BCUT2D eigenvalue weighted by Gasteiger charge is -2.21. The molecule has 7 nitrogen and oxygen atoms in total. The SMILES string of the molecule is O=C(NCCc1ccccn1)c1coc(CN(CCc2c[nH]c3ccccc23)Cc2cccc(Cl)c2Cl)n1. The molecule has 5 aromatic rings. The smallest absolute Gasteiger partial charge is 0.273 e. The summed E-state index contributed by atoms with van der Waals surface area (Å²) in [7, 11) is 0. The van der Waals surface area contributed by atoms with Crippen molar-refractivity contribution in [3.63, 3.8) is 0 Å². The molecule has 5 rings (SSSR count). The summed E-state index contributed by atoms with van der Waals surface area (Å²) in [6.07, 6.45) is 6.63. The number of carbonyl (C=O) groups is 1. The lowest BCUT2D eigenvalue weighted by Crippen LogP contribution is -2.27. The summed E-state index contributed by atoms with van der Waals surface area (Å²) in [4.78, 5) is 26.9. The van der Waals surface area contributed by atoms with Crippen LogP contribution in [0.1, 0.15) is 33.2 Å². The topological polar surface area (TPSA) is 87.0 Å². The Morgan fingerprint density at radius 2 is 1.84 bits per heavy atom. The summed E-state index contributed by atoms with van der Waals surface area (Å²) in [6, 6.07) is 19.6. The minimum absolute atomic E-state index is 0.249. The van der Waals surface area contributed by atoms with Crippen LogP contribution in [0.2, 0.25) is 10.0 Å². The summed E-state index contributed by atoms with van der Waals surface area (Å²) in [5.41, 5.74) is 4.41. The molecule has 9 heteroatoms. The fourth-order valence-electron chi connectivity index (χ4n) is 4.36. The predicted octanol–water partition coefficient (Wildman–Crippen LogP) is 6.08. The lowest BCUT2D eigenvalue weighted by molar-refractivity contribution is 0.0949. The lowest BCUT2D eigenvalue weighted by atomic mass is 10.1. The van der Waals surface area contributed by atoms with Crippen LogP contribution < -0.4 is 5.32 Å². The number of oxazole rings is 1. The average molecular weight is 548 g/mol. The average Bonchev–Trinajstić information content (AvgIpc) is 3.58. The second kappa shape index (κ2) is 12.3. The number of aromatic amines is 1. The van der Waals surface area contributed by atoms with Crippen LogP contribution in [0.4, 0.5) is 0 Å². The van der Waals surface area contributed by atoms with Gasteiger partial charge in [0.2, 0.25) is 5.89 Å². The van der Waals surface area contributed by atoms with Crippen molar-refractivity contribution in [1.29, 1.82) is 0 Å². The van der Waals surface area contributed by atoms with Crippen LogP contribution in [0.5, 0.6) is 0 Å². The highest BCUT2D eigenvalue weighted by molar-refractivity contribution is 6.42. The Morgan fingerprint density at radius 1 is 0.974 bits per heavy atom. The number of rotatable bonds is 11. The van der Waals surface area contributed by atoms with Gasteiger partial charge in [0.25, 0.3) is 5.91 Å². The van der Waals surface area contributed by atoms with Gasteiger partial charge in [-0.25, -0.2) is 4.98 Å². The van der Waals surface area contributed by atoms with Crippen molar-refractivity contribution >= 4 is 40.0 Å². The van der Waals surface area contributed by atoms with Gasteiger partial charge >= 0.3 is 0 Å². The molecule has 0 aliphatic carbocycles. The maximum Gasteiger partial charge on any atom is 0.273 e. The maximum absolute atomic E-state index is 12.6. The monoisotopic (exact) mass is 547 g/mol. The number of hydrogen-bond donors (Lipinski definition) is 2. The number of para-hydroxylation sites is 1. The van der Waals surface area contributed by atoms with E-state index in [2.05, 4.69) is 37.3 Å². The highest BCUT2D eigenvalue weighted by atomic mass is 35.5. The van der Waals surface area contributed by atoms with Crippen LogP contribution in [0, 0.1) is 0 Å². The molecule has 0 saturated carbocycles. The van der Waals surface area contributed by atoms with Crippen LogP contribution in [-0.2, 0) is 25.9 Å². The number of pyridine rings is 1. The molecule has 0 unspecified atom stereocenters. The first-order valence-electron chi connectivity index (χ1n) is 12.4. The Bertz CT molecular complexity index is 1520. The minimum atomic E-state index is -0.279. The van der Waals surface area contributed by atoms with E-state index >= 15 is 0 Å². The van der Waals surface area contributed by atoms with E-state index in [0.717, 1.165) is 29.7 Å². The zero-order valence-corrected chi connectivity index (χ0v) is 22.2. The highest BCUT2D eigenvalue weighted by Gasteiger charge is 2.17. The number of aromatic nitrogens is 3. The van der Waals surface area contributed by atoms with E-state index in [4.69, 9.17) is 27.6 Å². The molecule has 0 radical (unpaired) electrons. The quantitative estimate of drug-likeness (QED) is 0.209. The largest absolute Gasteiger partial charge is 0.447 e. The first kappa shape index (κ1) is 26.0. The van der Waals surface area contributed by atoms with Crippen LogP contribution in [0.15, 0.2) is 83.7 Å². The number of nitrogens with one attached hydrogen (secondary N) is 2. The number of benzene rings is 2. The predicted molar refractivity (Wildman–Crippen MR) is 149 cm³/mol. The minimum Gasteiger partial charge on any atom is -0.447 e. The molecule has 0 bridgehead atoms. The number of nitrogens with zero attached hydrogens (tertiary/aromatic N) is 3. The van der Waals surface area contributed by atoms with Crippen molar-refractivity contribution in [2.75, 3.05) is 13.1 Å². The van der Waals surface area contributed by atoms with Gasteiger partial charge in [-0.05, 0) is 41.8 Å². The van der Waals surface area contributed by atoms with E-state index in [1.165, 1.54) is 17.2 Å². The number of amides is 1. The fraction of sp³-hybridized carbons (Fsp3) is 0.207. The van der Waals surface area contributed by atoms with Gasteiger partial charge in [0.05, 0.1) is 16.6 Å². The van der Waals surface area contributed by atoms with Crippen molar-refractivity contribution in [1.82, 2.24) is 25.2 Å². The van der Waals surface area contributed by atoms with Gasteiger partial charge in [-0.2, -0.15) is 0 Å². The molecule has 0 spiro atoms. The van der Waals surface area contributed by atoms with E-state index < -0.39 is 0 Å². The van der Waals surface area contributed by atoms with Gasteiger partial charge in [-0.1, -0.05) is 59.6 Å². The van der Waals surface area contributed by atoms with Gasteiger partial charge in [0, 0.05) is 55.0 Å². The first-order valence-corrected chi connectivity index (χ1v) is 13.1. The summed E-state index contributed by atoms with van der Waals surface area (Å²) in [6.45, 7) is 2.14. The molecule has 2 N–H and O–H groups in total. The Morgan fingerprint density at radius 3 is 2.71 bits per heavy atom. The third kappa shape index (κ3) is 6.42. The van der Waals surface area contributed by atoms with Crippen molar-refractivity contribution in [2.24, 2.45) is 0 Å². The first-order chi connectivity index (χ1) is 18.6. The number of hydrogen-bond acceptors (Lipinski definition) is 5. The molecule has 3 aromatic heterocycles. The molecule has 0 fully saturated rings. The molecule has 1 amide bonds. The Labute approximate surface area is 230 Å². The number of H-pyrrole nitrogens is 1. The molecule has 194 valence electrons. The van der Waals surface area contributed by atoms with Gasteiger partial charge in [0.15, 0.2) is 5.69 Å². The summed E-state index contributed by atoms with van der Waals surface area (Å²) in [5, 5.41) is 5.13. The third-order valence-corrected chi connectivity index (χ3v) is 7.19. The molecule has 0 saturated heterocycles. The van der Waals surface area contributed by atoms with E-state index in [-0.39, 0.29) is 11.6 Å². The Hall–Kier alpha value is -3.65. The molecular weight excluding hydrogens is 521 g/mol. The second-order valence-corrected chi connectivity index (χ2v) is 9.77. The van der Waals surface area contributed by atoms with Gasteiger partial charge in [-0.3, -0.25) is 14.7 Å². The third-order valence-electron chi connectivity index (χ3n) is 6.33. The van der Waals surface area contributed by atoms with Crippen LogP contribution in [0.25, 0.3) is 10.9 Å². The van der Waals surface area contributed by atoms with Gasteiger partial charge in [-0.15, -0.1) is 0 Å². The van der Waals surface area contributed by atoms with Crippen molar-refractivity contribution < 1.29 is 9.21 Å². The van der Waals surface area contributed by atoms with Crippen molar-refractivity contribution in [2.45, 2.75) is 25.9 Å². The summed E-state index contributed by atoms with van der Waals surface area (Å²) < 4.78 is 5.69. The molecular formula is C29H27Cl2N5O2. The second-order valence-electron chi connectivity index (χ2n) is 8.99. The zero-order chi connectivity index (χ0) is 26.3. The molecule has 2 aromatic carbocycles. The molecule has 0 aliphatic rings. The van der Waals surface area contributed by atoms with Crippen LogP contribution in [-0.4, -0.2) is 38.8 Å². The van der Waals surface area contributed by atoms with E-state index in [1.54, 1.807) is 12.3 Å². The van der Waals surface area contributed by atoms with E-state index in [1.807, 2.05) is 48.7 Å². The summed E-state index contributed by atoms with van der Waals surface area (Å²) in [5.74, 6) is 0.177. The molecule has 0 atom stereocenters. The van der Waals surface area contributed by atoms with Crippen molar-refractivity contribution in [3.8, 4) is 0 Å². The number of halogens is 2. The number of carbonyl (C=O) groups excluding carboxylic acids is 1.